The molecule has 4 rings (SSSR count). The first-order valence-electron chi connectivity index (χ1n) is 12.3. The molecular formula is C32H34BrN2+. The van der Waals surface area contributed by atoms with Gasteiger partial charge in [-0.1, -0.05) is 57.9 Å². The molecule has 0 saturated carbocycles. The molecule has 0 radical (unpaired) electrons. The Balaban J connectivity index is 1.78. The van der Waals surface area contributed by atoms with E-state index in [-0.39, 0.29) is 0 Å². The molecule has 0 aliphatic rings. The van der Waals surface area contributed by atoms with Crippen molar-refractivity contribution in [2.45, 2.75) is 27.7 Å². The highest BCUT2D eigenvalue weighted by Gasteiger charge is 2.18. The van der Waals surface area contributed by atoms with Gasteiger partial charge in [0, 0.05) is 47.0 Å². The lowest BCUT2D eigenvalue weighted by molar-refractivity contribution is -0.662. The van der Waals surface area contributed by atoms with Gasteiger partial charge in [-0.25, -0.2) is 0 Å². The third-order valence-corrected chi connectivity index (χ3v) is 7.18. The van der Waals surface area contributed by atoms with Gasteiger partial charge in [0.25, 0.3) is 0 Å². The summed E-state index contributed by atoms with van der Waals surface area (Å²) in [4.78, 5) is 2.37. The minimum absolute atomic E-state index is 1.02. The summed E-state index contributed by atoms with van der Waals surface area (Å²) in [6, 6.07) is 28.7. The van der Waals surface area contributed by atoms with Crippen molar-refractivity contribution >= 4 is 33.8 Å². The molecule has 0 atom stereocenters. The molecule has 178 valence electrons. The Hall–Kier alpha value is -3.17. The van der Waals surface area contributed by atoms with Crippen LogP contribution in [0.5, 0.6) is 0 Å². The highest BCUT2D eigenvalue weighted by molar-refractivity contribution is 9.10. The number of nitrogens with zero attached hydrogens (tertiary/aromatic N) is 2. The van der Waals surface area contributed by atoms with Crippen LogP contribution in [0.1, 0.15) is 36.2 Å². The molecule has 0 amide bonds. The van der Waals surface area contributed by atoms with Crippen LogP contribution in [-0.2, 0) is 7.05 Å². The number of hydrogen-bond donors (Lipinski definition) is 0. The molecule has 1 aromatic heterocycles. The van der Waals surface area contributed by atoms with E-state index < -0.39 is 0 Å². The van der Waals surface area contributed by atoms with Gasteiger partial charge in [0.15, 0.2) is 0 Å². The van der Waals surface area contributed by atoms with Crippen LogP contribution in [-0.4, -0.2) is 13.1 Å². The van der Waals surface area contributed by atoms with E-state index in [0.29, 0.717) is 0 Å². The molecule has 0 N–H and O–H groups in total. The molecule has 0 fully saturated rings. The average molecular weight is 527 g/mol. The molecule has 0 spiro atoms. The Morgan fingerprint density at radius 2 is 1.46 bits per heavy atom. The van der Waals surface area contributed by atoms with Gasteiger partial charge in [0.1, 0.15) is 7.05 Å². The predicted molar refractivity (Wildman–Crippen MR) is 155 cm³/mol. The van der Waals surface area contributed by atoms with Crippen molar-refractivity contribution in [2.24, 2.45) is 7.05 Å². The molecule has 0 saturated heterocycles. The molecule has 0 aliphatic heterocycles. The van der Waals surface area contributed by atoms with Gasteiger partial charge in [-0.05, 0) is 86.4 Å². The van der Waals surface area contributed by atoms with Gasteiger partial charge in [-0.3, -0.25) is 0 Å². The van der Waals surface area contributed by atoms with E-state index in [1.165, 1.54) is 44.8 Å². The quantitative estimate of drug-likeness (QED) is 0.220. The van der Waals surface area contributed by atoms with Crippen LogP contribution in [0.3, 0.4) is 0 Å². The second kappa shape index (κ2) is 11.0. The topological polar surface area (TPSA) is 7.12 Å². The van der Waals surface area contributed by atoms with Crippen molar-refractivity contribution < 1.29 is 4.57 Å². The minimum atomic E-state index is 1.02. The SMILES string of the molecule is CCN(CC)c1ccc(C=Cc2cc(-c3ccc(Br)cc3)cc(-c3ccc(C)cc3C)[n+]2C)cc1. The molecular weight excluding hydrogens is 492 g/mol. The molecule has 1 heterocycles. The second-order valence-electron chi connectivity index (χ2n) is 9.04. The first kappa shape index (κ1) is 24.9. The van der Waals surface area contributed by atoms with Crippen molar-refractivity contribution in [3.8, 4) is 22.4 Å². The van der Waals surface area contributed by atoms with Crippen molar-refractivity contribution in [3.05, 3.63) is 106 Å². The van der Waals surface area contributed by atoms with Crippen LogP contribution in [0.25, 0.3) is 34.5 Å². The van der Waals surface area contributed by atoms with E-state index in [1.807, 2.05) is 0 Å². The molecule has 3 aromatic carbocycles. The normalized spacial score (nSPS) is 11.3. The van der Waals surface area contributed by atoms with E-state index in [0.717, 1.165) is 23.3 Å². The lowest BCUT2D eigenvalue weighted by atomic mass is 9.98. The molecule has 0 bridgehead atoms. The minimum Gasteiger partial charge on any atom is -0.372 e. The summed E-state index contributed by atoms with van der Waals surface area (Å²) in [5, 5.41) is 0. The summed E-state index contributed by atoms with van der Waals surface area (Å²) >= 11 is 3.57. The zero-order valence-corrected chi connectivity index (χ0v) is 22.9. The molecule has 0 unspecified atom stereocenters. The van der Waals surface area contributed by atoms with Crippen LogP contribution in [0.15, 0.2) is 83.3 Å². The number of hydrogen-bond acceptors (Lipinski definition) is 1. The van der Waals surface area contributed by atoms with Gasteiger partial charge >= 0.3 is 0 Å². The Bertz CT molecular complexity index is 1330. The zero-order chi connectivity index (χ0) is 24.9. The van der Waals surface area contributed by atoms with Gasteiger partial charge in [-0.15, -0.1) is 0 Å². The van der Waals surface area contributed by atoms with E-state index >= 15 is 0 Å². The highest BCUT2D eigenvalue weighted by atomic mass is 79.9. The van der Waals surface area contributed by atoms with Crippen molar-refractivity contribution in [1.29, 1.82) is 0 Å². The van der Waals surface area contributed by atoms with Gasteiger partial charge < -0.3 is 4.90 Å². The van der Waals surface area contributed by atoms with Crippen LogP contribution in [0.2, 0.25) is 0 Å². The van der Waals surface area contributed by atoms with Crippen molar-refractivity contribution in [2.75, 3.05) is 18.0 Å². The maximum atomic E-state index is 3.57. The number of rotatable bonds is 7. The first-order chi connectivity index (χ1) is 16.9. The number of benzene rings is 3. The van der Waals surface area contributed by atoms with Crippen LogP contribution >= 0.6 is 15.9 Å². The monoisotopic (exact) mass is 525 g/mol. The Morgan fingerprint density at radius 1 is 0.771 bits per heavy atom. The Morgan fingerprint density at radius 3 is 2.09 bits per heavy atom. The molecule has 35 heavy (non-hydrogen) atoms. The van der Waals surface area contributed by atoms with E-state index in [4.69, 9.17) is 0 Å². The molecule has 4 aromatic rings. The average Bonchev–Trinajstić information content (AvgIpc) is 2.86. The molecule has 0 aliphatic carbocycles. The van der Waals surface area contributed by atoms with Gasteiger partial charge in [0.05, 0.1) is 0 Å². The van der Waals surface area contributed by atoms with Gasteiger partial charge in [0.2, 0.25) is 11.4 Å². The number of aromatic nitrogens is 1. The largest absolute Gasteiger partial charge is 0.372 e. The highest BCUT2D eigenvalue weighted by Crippen LogP contribution is 2.29. The van der Waals surface area contributed by atoms with E-state index in [9.17, 15) is 0 Å². The van der Waals surface area contributed by atoms with Crippen molar-refractivity contribution in [1.82, 2.24) is 0 Å². The summed E-state index contributed by atoms with van der Waals surface area (Å²) in [7, 11) is 2.16. The fraction of sp³-hybridized carbons (Fsp3) is 0.219. The van der Waals surface area contributed by atoms with Crippen molar-refractivity contribution in [3.63, 3.8) is 0 Å². The number of aryl methyl sites for hydroxylation is 2. The summed E-state index contributed by atoms with van der Waals surface area (Å²) < 4.78 is 3.38. The summed E-state index contributed by atoms with van der Waals surface area (Å²) in [6.45, 7) is 10.8. The third-order valence-electron chi connectivity index (χ3n) is 6.65. The maximum absolute atomic E-state index is 3.57. The van der Waals surface area contributed by atoms with Gasteiger partial charge in [-0.2, -0.15) is 4.57 Å². The Kier molecular flexibility index (Phi) is 7.87. The fourth-order valence-corrected chi connectivity index (χ4v) is 4.84. The summed E-state index contributed by atoms with van der Waals surface area (Å²) in [5.41, 5.74) is 11.1. The Labute approximate surface area is 218 Å². The first-order valence-corrected chi connectivity index (χ1v) is 13.1. The molecule has 2 nitrogen and oxygen atoms in total. The van der Waals surface area contributed by atoms with E-state index in [2.05, 4.69) is 151 Å². The standard InChI is InChI=1S/C32H34BrN2/c1-6-35(7-2)29-16-9-25(10-17-29)11-18-30-21-27(26-12-14-28(33)15-13-26)22-32(34(30)5)31-19-8-23(3)20-24(31)4/h8-22H,6-7H2,1-5H3/q+1. The summed E-state index contributed by atoms with van der Waals surface area (Å²) in [5.74, 6) is 0. The lowest BCUT2D eigenvalue weighted by Gasteiger charge is -2.20. The van der Waals surface area contributed by atoms with Crippen LogP contribution in [0.4, 0.5) is 5.69 Å². The summed E-state index contributed by atoms with van der Waals surface area (Å²) in [6.07, 6.45) is 4.43. The maximum Gasteiger partial charge on any atom is 0.213 e. The molecule has 3 heteroatoms. The van der Waals surface area contributed by atoms with Crippen LogP contribution in [0, 0.1) is 13.8 Å². The zero-order valence-electron chi connectivity index (χ0n) is 21.3. The third kappa shape index (κ3) is 5.74. The van der Waals surface area contributed by atoms with E-state index in [1.54, 1.807) is 0 Å². The number of halogens is 1. The second-order valence-corrected chi connectivity index (χ2v) is 9.95. The predicted octanol–water partition coefficient (Wildman–Crippen LogP) is 8.24. The lowest BCUT2D eigenvalue weighted by Crippen LogP contribution is -2.35. The fourth-order valence-electron chi connectivity index (χ4n) is 4.58. The number of pyridine rings is 1. The van der Waals surface area contributed by atoms with Crippen LogP contribution < -0.4 is 9.47 Å². The smallest absolute Gasteiger partial charge is 0.213 e. The number of anilines is 1.